The second-order valence-corrected chi connectivity index (χ2v) is 6.41. The Morgan fingerprint density at radius 1 is 1.15 bits per heavy atom. The number of nitrogens with zero attached hydrogens (tertiary/aromatic N) is 4. The summed E-state index contributed by atoms with van der Waals surface area (Å²) in [7, 11) is 0. The van der Waals surface area contributed by atoms with E-state index in [1.165, 1.54) is 6.33 Å². The molecule has 132 valence electrons. The number of rotatable bonds is 4. The Labute approximate surface area is 149 Å². The van der Waals surface area contributed by atoms with Crippen LogP contribution in [0.15, 0.2) is 43.0 Å². The van der Waals surface area contributed by atoms with Crippen molar-refractivity contribution in [2.24, 2.45) is 0 Å². The van der Waals surface area contributed by atoms with E-state index in [2.05, 4.69) is 27.2 Å². The Kier molecular flexibility index (Phi) is 3.47. The molecule has 3 aromatic rings. The lowest BCUT2D eigenvalue weighted by Crippen LogP contribution is -2.18. The van der Waals surface area contributed by atoms with Crippen molar-refractivity contribution in [3.8, 4) is 0 Å². The second kappa shape index (κ2) is 5.86. The lowest BCUT2D eigenvalue weighted by molar-refractivity contribution is -0.0657. The number of hydrogen-bond acceptors (Lipinski definition) is 6. The zero-order chi connectivity index (χ0) is 17.7. The fourth-order valence-electron chi connectivity index (χ4n) is 3.45. The average molecular weight is 351 g/mol. The van der Waals surface area contributed by atoms with E-state index < -0.39 is 0 Å². The summed E-state index contributed by atoms with van der Waals surface area (Å²) in [6, 6.07) is 8.97. The molecular weight excluding hydrogens is 334 g/mol. The van der Waals surface area contributed by atoms with Crippen molar-refractivity contribution in [2.75, 3.05) is 5.32 Å². The van der Waals surface area contributed by atoms with Crippen molar-refractivity contribution < 1.29 is 14.3 Å². The van der Waals surface area contributed by atoms with E-state index in [9.17, 15) is 4.79 Å². The van der Waals surface area contributed by atoms with Crippen LogP contribution in [0.1, 0.15) is 29.9 Å². The highest BCUT2D eigenvalue weighted by molar-refractivity contribution is 6.06. The lowest BCUT2D eigenvalue weighted by Gasteiger charge is -2.17. The molecule has 4 heterocycles. The number of aromatic nitrogens is 4. The SMILES string of the molecule is CC[C@H]1O[C@@H](n2cnc3c(NC(=O)c4ccccc4)ncnc32)[C@H]2O[C@H]21. The molecular formula is C18H17N5O3. The number of imidazole rings is 1. The molecule has 8 heteroatoms. The molecule has 2 saturated heterocycles. The topological polar surface area (TPSA) is 94.5 Å². The van der Waals surface area contributed by atoms with Crippen LogP contribution < -0.4 is 5.32 Å². The molecule has 26 heavy (non-hydrogen) atoms. The van der Waals surface area contributed by atoms with Gasteiger partial charge in [0.15, 0.2) is 23.2 Å². The summed E-state index contributed by atoms with van der Waals surface area (Å²) in [6.07, 6.45) is 4.02. The Morgan fingerprint density at radius 3 is 2.77 bits per heavy atom. The van der Waals surface area contributed by atoms with Crippen LogP contribution in [-0.2, 0) is 9.47 Å². The van der Waals surface area contributed by atoms with Crippen LogP contribution in [0, 0.1) is 0 Å². The Hall–Kier alpha value is -2.84. The molecule has 2 fully saturated rings. The highest BCUT2D eigenvalue weighted by Crippen LogP contribution is 2.46. The zero-order valence-electron chi connectivity index (χ0n) is 14.1. The third kappa shape index (κ3) is 2.38. The van der Waals surface area contributed by atoms with Crippen LogP contribution in [-0.4, -0.2) is 43.7 Å². The van der Waals surface area contributed by atoms with Gasteiger partial charge in [-0.2, -0.15) is 0 Å². The van der Waals surface area contributed by atoms with Gasteiger partial charge in [0.1, 0.15) is 18.5 Å². The average Bonchev–Trinajstić information content (AvgIpc) is 3.20. The number of anilines is 1. The van der Waals surface area contributed by atoms with Gasteiger partial charge >= 0.3 is 0 Å². The van der Waals surface area contributed by atoms with Gasteiger partial charge in [-0.05, 0) is 18.6 Å². The number of carbonyl (C=O) groups excluding carboxylic acids is 1. The number of ether oxygens (including phenoxy) is 2. The van der Waals surface area contributed by atoms with Crippen molar-refractivity contribution in [1.29, 1.82) is 0 Å². The van der Waals surface area contributed by atoms with Crippen LogP contribution in [0.3, 0.4) is 0 Å². The molecule has 0 spiro atoms. The summed E-state index contributed by atoms with van der Waals surface area (Å²) in [4.78, 5) is 25.3. The molecule has 2 aliphatic rings. The largest absolute Gasteiger partial charge is 0.362 e. The third-order valence-corrected chi connectivity index (χ3v) is 4.83. The number of amides is 1. The zero-order valence-corrected chi connectivity index (χ0v) is 14.1. The maximum atomic E-state index is 12.4. The van der Waals surface area contributed by atoms with Gasteiger partial charge in [0.05, 0.1) is 12.4 Å². The maximum absolute atomic E-state index is 12.4. The summed E-state index contributed by atoms with van der Waals surface area (Å²) in [5, 5.41) is 2.81. The smallest absolute Gasteiger partial charge is 0.256 e. The molecule has 0 unspecified atom stereocenters. The van der Waals surface area contributed by atoms with E-state index >= 15 is 0 Å². The maximum Gasteiger partial charge on any atom is 0.256 e. The third-order valence-electron chi connectivity index (χ3n) is 4.83. The summed E-state index contributed by atoms with van der Waals surface area (Å²) in [5.41, 5.74) is 1.69. The molecule has 1 amide bonds. The summed E-state index contributed by atoms with van der Waals surface area (Å²) in [5.74, 6) is 0.134. The Morgan fingerprint density at radius 2 is 2.00 bits per heavy atom. The molecule has 0 bridgehead atoms. The van der Waals surface area contributed by atoms with E-state index in [1.807, 2.05) is 22.8 Å². The fraction of sp³-hybridized carbons (Fsp3) is 0.333. The van der Waals surface area contributed by atoms with Gasteiger partial charge in [-0.25, -0.2) is 15.0 Å². The Bertz CT molecular complexity index is 973. The van der Waals surface area contributed by atoms with Crippen molar-refractivity contribution in [3.05, 3.63) is 48.5 Å². The van der Waals surface area contributed by atoms with E-state index in [0.717, 1.165) is 6.42 Å². The van der Waals surface area contributed by atoms with Crippen LogP contribution in [0.5, 0.6) is 0 Å². The van der Waals surface area contributed by atoms with Crippen molar-refractivity contribution in [2.45, 2.75) is 37.9 Å². The van der Waals surface area contributed by atoms with Gasteiger partial charge in [-0.15, -0.1) is 0 Å². The number of nitrogens with one attached hydrogen (secondary N) is 1. The minimum atomic E-state index is -0.248. The Balaban J connectivity index is 1.46. The number of epoxide rings is 1. The van der Waals surface area contributed by atoms with Crippen LogP contribution >= 0.6 is 0 Å². The normalized spacial score (nSPS) is 26.7. The quantitative estimate of drug-likeness (QED) is 0.724. The first-order valence-corrected chi connectivity index (χ1v) is 8.61. The standard InChI is InChI=1S/C18H17N5O3/c1-2-11-13-14(26-13)18(25-11)23-9-21-12-15(19-8-20-16(12)23)22-17(24)10-6-4-3-5-7-10/h3-9,11,13-14,18H,2H2,1H3,(H,19,20,22,24)/t11-,13+,14+,18-/m1/s1. The monoisotopic (exact) mass is 351 g/mol. The first-order chi connectivity index (χ1) is 12.8. The van der Waals surface area contributed by atoms with Gasteiger partial charge in [-0.3, -0.25) is 9.36 Å². The summed E-state index contributed by atoms with van der Waals surface area (Å²) < 4.78 is 13.6. The van der Waals surface area contributed by atoms with E-state index in [4.69, 9.17) is 9.47 Å². The summed E-state index contributed by atoms with van der Waals surface area (Å²) in [6.45, 7) is 2.08. The van der Waals surface area contributed by atoms with Crippen molar-refractivity contribution in [1.82, 2.24) is 19.5 Å². The highest BCUT2D eigenvalue weighted by atomic mass is 16.7. The molecule has 2 aromatic heterocycles. The van der Waals surface area contributed by atoms with Crippen molar-refractivity contribution in [3.63, 3.8) is 0 Å². The molecule has 4 atom stereocenters. The van der Waals surface area contributed by atoms with E-state index in [1.54, 1.807) is 18.5 Å². The predicted octanol–water partition coefficient (Wildman–Crippen LogP) is 2.15. The number of fused-ring (bicyclic) bond motifs is 2. The fourth-order valence-corrected chi connectivity index (χ4v) is 3.45. The van der Waals surface area contributed by atoms with Crippen LogP contribution in [0.25, 0.3) is 11.2 Å². The van der Waals surface area contributed by atoms with Gasteiger partial charge in [-0.1, -0.05) is 25.1 Å². The molecule has 2 aliphatic heterocycles. The molecule has 5 rings (SSSR count). The lowest BCUT2D eigenvalue weighted by atomic mass is 10.2. The second-order valence-electron chi connectivity index (χ2n) is 6.41. The van der Waals surface area contributed by atoms with Crippen LogP contribution in [0.4, 0.5) is 5.82 Å². The first kappa shape index (κ1) is 15.4. The van der Waals surface area contributed by atoms with Crippen molar-refractivity contribution >= 4 is 22.9 Å². The van der Waals surface area contributed by atoms with Gasteiger partial charge in [0, 0.05) is 5.56 Å². The minimum absolute atomic E-state index is 0.0367. The number of hydrogen-bond donors (Lipinski definition) is 1. The highest BCUT2D eigenvalue weighted by Gasteiger charge is 2.58. The molecule has 1 aromatic carbocycles. The van der Waals surface area contributed by atoms with E-state index in [0.29, 0.717) is 22.5 Å². The first-order valence-electron chi connectivity index (χ1n) is 8.61. The molecule has 0 saturated carbocycles. The molecule has 1 N–H and O–H groups in total. The van der Waals surface area contributed by atoms with Gasteiger partial charge in [0.25, 0.3) is 5.91 Å². The number of carbonyl (C=O) groups is 1. The molecule has 0 aliphatic carbocycles. The number of benzene rings is 1. The summed E-state index contributed by atoms with van der Waals surface area (Å²) >= 11 is 0. The van der Waals surface area contributed by atoms with E-state index in [-0.39, 0.29) is 30.4 Å². The van der Waals surface area contributed by atoms with Crippen LogP contribution in [0.2, 0.25) is 0 Å². The molecule has 8 nitrogen and oxygen atoms in total. The molecule has 0 radical (unpaired) electrons. The predicted molar refractivity (Wildman–Crippen MR) is 92.6 cm³/mol. The van der Waals surface area contributed by atoms with Gasteiger partial charge < -0.3 is 14.8 Å². The van der Waals surface area contributed by atoms with Gasteiger partial charge in [0.2, 0.25) is 0 Å². The minimum Gasteiger partial charge on any atom is -0.362 e.